The predicted molar refractivity (Wildman–Crippen MR) is 157 cm³/mol. The SMILES string of the molecule is C/C(=N\S(=O)(=O)c1ccc([N-]C(=N)N)cc1)c1ccc2ccccc2c1.N/C([S-])=N/N=C\c1cccs1.[O]=[Mo+2]=[O]. The minimum atomic E-state index is -3.84. The zero-order valence-electron chi connectivity index (χ0n) is 20.9. The van der Waals surface area contributed by atoms with Crippen molar-refractivity contribution in [2.75, 3.05) is 0 Å². The Labute approximate surface area is 249 Å². The summed E-state index contributed by atoms with van der Waals surface area (Å²) < 4.78 is 46.0. The molecule has 0 atom stereocenters. The van der Waals surface area contributed by atoms with Crippen LogP contribution in [0.2, 0.25) is 0 Å². The molecule has 15 heteroatoms. The molecule has 206 valence electrons. The molecule has 0 aliphatic carbocycles. The summed E-state index contributed by atoms with van der Waals surface area (Å²) in [5.74, 6) is -0.342. The number of nitrogens with zero attached hydrogens (tertiary/aromatic N) is 4. The molecule has 0 spiro atoms. The Hall–Kier alpha value is -3.84. The van der Waals surface area contributed by atoms with Gasteiger partial charge in [0, 0.05) is 10.8 Å². The van der Waals surface area contributed by atoms with Crippen molar-refractivity contribution in [3.8, 4) is 0 Å². The van der Waals surface area contributed by atoms with Gasteiger partial charge in [-0.25, -0.2) is 0 Å². The van der Waals surface area contributed by atoms with Crippen molar-refractivity contribution in [2.24, 2.45) is 26.1 Å². The normalized spacial score (nSPS) is 11.5. The van der Waals surface area contributed by atoms with Crippen LogP contribution in [0.25, 0.3) is 16.1 Å². The fourth-order valence-corrected chi connectivity index (χ4v) is 4.72. The first-order valence-electron chi connectivity index (χ1n) is 11.0. The van der Waals surface area contributed by atoms with E-state index in [4.69, 9.17) is 23.7 Å². The molecule has 0 aliphatic rings. The van der Waals surface area contributed by atoms with Crippen LogP contribution in [-0.2, 0) is 47.9 Å². The molecule has 0 bridgehead atoms. The van der Waals surface area contributed by atoms with Gasteiger partial charge in [0.05, 0.1) is 16.8 Å². The molecule has 11 nitrogen and oxygen atoms in total. The van der Waals surface area contributed by atoms with Crippen LogP contribution in [-0.4, -0.2) is 31.5 Å². The summed E-state index contributed by atoms with van der Waals surface area (Å²) >= 11 is 4.04. The van der Waals surface area contributed by atoms with E-state index >= 15 is 0 Å². The number of guanidine groups is 1. The Balaban J connectivity index is 0.000000333. The Morgan fingerprint density at radius 2 is 1.65 bits per heavy atom. The number of benzene rings is 3. The second-order valence-electron chi connectivity index (χ2n) is 7.47. The Bertz CT molecular complexity index is 1660. The summed E-state index contributed by atoms with van der Waals surface area (Å²) in [5.41, 5.74) is 11.8. The maximum absolute atomic E-state index is 12.5. The van der Waals surface area contributed by atoms with Crippen molar-refractivity contribution >= 4 is 73.5 Å². The van der Waals surface area contributed by atoms with E-state index in [1.165, 1.54) is 24.3 Å². The number of amidine groups is 1. The van der Waals surface area contributed by atoms with Crippen molar-refractivity contribution < 1.29 is 33.7 Å². The number of nitrogens with two attached hydrogens (primary N) is 2. The maximum atomic E-state index is 12.5. The molecule has 5 N–H and O–H groups in total. The number of sulfonamides is 1. The summed E-state index contributed by atoms with van der Waals surface area (Å²) in [6, 6.07) is 23.2. The van der Waals surface area contributed by atoms with E-state index in [0.717, 1.165) is 21.2 Å². The Morgan fingerprint density at radius 1 is 1.00 bits per heavy atom. The second-order valence-corrected chi connectivity index (χ2v) is 10.8. The molecular formula is C25H23MoN7O4S3. The van der Waals surface area contributed by atoms with Crippen LogP contribution in [0.5, 0.6) is 0 Å². The van der Waals surface area contributed by atoms with Crippen LogP contribution in [0.4, 0.5) is 5.69 Å². The number of rotatable bonds is 6. The zero-order chi connectivity index (χ0) is 29.5. The monoisotopic (exact) mass is 679 g/mol. The van der Waals surface area contributed by atoms with Gasteiger partial charge >= 0.3 is 25.3 Å². The molecule has 4 rings (SSSR count). The van der Waals surface area contributed by atoms with Gasteiger partial charge in [-0.1, -0.05) is 54.6 Å². The van der Waals surface area contributed by atoms with Crippen molar-refractivity contribution in [3.05, 3.63) is 100 Å². The van der Waals surface area contributed by atoms with Gasteiger partial charge in [0.15, 0.2) is 0 Å². The molecule has 0 fully saturated rings. The van der Waals surface area contributed by atoms with Crippen LogP contribution in [0.3, 0.4) is 0 Å². The van der Waals surface area contributed by atoms with E-state index in [9.17, 15) is 8.42 Å². The molecule has 0 saturated carbocycles. The van der Waals surface area contributed by atoms with Crippen LogP contribution in [0.15, 0.2) is 104 Å². The van der Waals surface area contributed by atoms with Crippen LogP contribution in [0.1, 0.15) is 17.4 Å². The van der Waals surface area contributed by atoms with E-state index in [1.807, 2.05) is 60.0 Å². The Kier molecular flexibility index (Phi) is 13.2. The second kappa shape index (κ2) is 16.3. The van der Waals surface area contributed by atoms with Gasteiger partial charge in [0.2, 0.25) is 0 Å². The molecule has 0 radical (unpaired) electrons. The summed E-state index contributed by atoms with van der Waals surface area (Å²) in [4.78, 5) is 1.09. The molecule has 0 aliphatic heterocycles. The molecule has 40 heavy (non-hydrogen) atoms. The fourth-order valence-electron chi connectivity index (χ4n) is 3.04. The van der Waals surface area contributed by atoms with Gasteiger partial charge in [0.25, 0.3) is 10.0 Å². The van der Waals surface area contributed by atoms with E-state index in [-0.39, 0.29) is 16.0 Å². The molecule has 4 aromatic rings. The standard InChI is InChI=1S/C19H17N4O2S.C6H7N3S2.Mo.2O/c1-13(15-7-6-14-4-2-3-5-16(14)12-15)23-26(24,25)18-10-8-17(9-11-18)22-19(20)21;7-6(10)9-8-4-5-2-1-3-11-5;;;/h2-12H,1H3,(H3-,20,21,22);1-4H,(H3,7,9,10);;;/q-1;;+2;;/p-1/b23-13+;8-4-;;;. The first-order chi connectivity index (χ1) is 19.1. The van der Waals surface area contributed by atoms with Gasteiger partial charge in [-0.2, -0.15) is 23.0 Å². The third-order valence-corrected chi connectivity index (χ3v) is 6.96. The van der Waals surface area contributed by atoms with Gasteiger partial charge < -0.3 is 34.8 Å². The average Bonchev–Trinajstić information content (AvgIpc) is 3.42. The van der Waals surface area contributed by atoms with Crippen molar-refractivity contribution in [3.63, 3.8) is 0 Å². The molecule has 1 aromatic heterocycles. The number of nitrogens with one attached hydrogen (secondary N) is 1. The number of hydrogen-bond donors (Lipinski definition) is 3. The summed E-state index contributed by atoms with van der Waals surface area (Å²) in [6.07, 6.45) is 1.61. The minimum absolute atomic E-state index is 0.0535. The summed E-state index contributed by atoms with van der Waals surface area (Å²) in [7, 11) is -3.84. The first-order valence-corrected chi connectivity index (χ1v) is 15.4. The van der Waals surface area contributed by atoms with Crippen molar-refractivity contribution in [1.29, 1.82) is 5.41 Å². The quantitative estimate of drug-likeness (QED) is 0.0869. The van der Waals surface area contributed by atoms with E-state index in [1.54, 1.807) is 24.5 Å². The van der Waals surface area contributed by atoms with Gasteiger partial charge in [0.1, 0.15) is 0 Å². The van der Waals surface area contributed by atoms with Gasteiger partial charge in [-0.3, -0.25) is 0 Å². The molecule has 0 saturated heterocycles. The molecule has 1 heterocycles. The first kappa shape index (κ1) is 32.4. The van der Waals surface area contributed by atoms with Gasteiger partial charge in [-0.15, -0.1) is 11.3 Å². The third-order valence-electron chi connectivity index (χ3n) is 4.69. The third kappa shape index (κ3) is 11.1. The Morgan fingerprint density at radius 3 is 2.23 bits per heavy atom. The average molecular weight is 678 g/mol. The molecular weight excluding hydrogens is 654 g/mol. The zero-order valence-corrected chi connectivity index (χ0v) is 25.3. The summed E-state index contributed by atoms with van der Waals surface area (Å²) in [6.45, 7) is 1.67. The molecule has 0 amide bonds. The van der Waals surface area contributed by atoms with Crippen molar-refractivity contribution in [1.82, 2.24) is 0 Å². The van der Waals surface area contributed by atoms with Crippen molar-refractivity contribution in [2.45, 2.75) is 11.8 Å². The molecule has 0 unspecified atom stereocenters. The van der Waals surface area contributed by atoms with Crippen LogP contribution in [0, 0.1) is 5.41 Å². The predicted octanol–water partition coefficient (Wildman–Crippen LogP) is 4.64. The number of thiophene rings is 1. The van der Waals surface area contributed by atoms with Crippen LogP contribution >= 0.6 is 11.3 Å². The number of fused-ring (bicyclic) bond motifs is 1. The van der Waals surface area contributed by atoms with E-state index in [2.05, 4.69) is 32.5 Å². The van der Waals surface area contributed by atoms with Gasteiger partial charge in [-0.05, 0) is 63.8 Å². The molecule has 3 aromatic carbocycles. The van der Waals surface area contributed by atoms with E-state index < -0.39 is 28.5 Å². The fraction of sp³-hybridized carbons (Fsp3) is 0.0400. The number of hydrogen-bond acceptors (Lipinski definition) is 9. The summed E-state index contributed by atoms with van der Waals surface area (Å²) in [5, 5.41) is 22.1. The topological polar surface area (TPSA) is 195 Å². The van der Waals surface area contributed by atoms with Crippen LogP contribution < -0.4 is 11.5 Å². The van der Waals surface area contributed by atoms with E-state index in [0.29, 0.717) is 11.4 Å².